The van der Waals surface area contributed by atoms with Crippen LogP contribution in [0.25, 0.3) is 11.3 Å². The maximum Gasteiger partial charge on any atom is 0.135 e. The first-order chi connectivity index (χ1) is 8.65. The minimum atomic E-state index is -0.276. The third-order valence-corrected chi connectivity index (χ3v) is 2.80. The number of furan rings is 1. The van der Waals surface area contributed by atoms with E-state index in [0.29, 0.717) is 23.7 Å². The molecular formula is C14H15FO3. The van der Waals surface area contributed by atoms with E-state index >= 15 is 0 Å². The van der Waals surface area contributed by atoms with Gasteiger partial charge in [0.2, 0.25) is 0 Å². The van der Waals surface area contributed by atoms with Crippen LogP contribution in [0.2, 0.25) is 0 Å². The highest BCUT2D eigenvalue weighted by molar-refractivity contribution is 5.63. The van der Waals surface area contributed by atoms with Crippen molar-refractivity contribution in [2.45, 2.75) is 20.1 Å². The number of hydrogen-bond acceptors (Lipinski definition) is 3. The average Bonchev–Trinajstić information content (AvgIpc) is 2.72. The summed E-state index contributed by atoms with van der Waals surface area (Å²) < 4.78 is 23.7. The zero-order valence-electron chi connectivity index (χ0n) is 10.4. The third-order valence-electron chi connectivity index (χ3n) is 2.80. The number of ether oxygens (including phenoxy) is 1. The molecule has 2 aromatic rings. The number of rotatable bonds is 4. The van der Waals surface area contributed by atoms with Crippen LogP contribution in [-0.4, -0.2) is 12.2 Å². The van der Waals surface area contributed by atoms with Crippen LogP contribution >= 0.6 is 0 Å². The molecule has 1 aromatic heterocycles. The Bertz CT molecular complexity index is 546. The predicted octanol–water partition coefficient (Wildman–Crippen LogP) is 3.03. The lowest BCUT2D eigenvalue weighted by Crippen LogP contribution is -1.90. The molecule has 0 unspecified atom stereocenters. The summed E-state index contributed by atoms with van der Waals surface area (Å²) in [6.07, 6.45) is 0. The molecule has 1 heterocycles. The molecule has 0 spiro atoms. The fourth-order valence-corrected chi connectivity index (χ4v) is 1.89. The van der Waals surface area contributed by atoms with Gasteiger partial charge in [0, 0.05) is 18.2 Å². The van der Waals surface area contributed by atoms with Crippen molar-refractivity contribution in [1.82, 2.24) is 0 Å². The van der Waals surface area contributed by atoms with Gasteiger partial charge < -0.3 is 14.3 Å². The SMILES string of the molecule is COCc1oc(-c2ccc(F)cc2C)cc1CO. The Kier molecular flexibility index (Phi) is 3.79. The van der Waals surface area contributed by atoms with Gasteiger partial charge in [-0.2, -0.15) is 0 Å². The molecule has 4 heteroatoms. The normalized spacial score (nSPS) is 10.9. The zero-order chi connectivity index (χ0) is 13.1. The highest BCUT2D eigenvalue weighted by atomic mass is 19.1. The number of aliphatic hydroxyl groups is 1. The quantitative estimate of drug-likeness (QED) is 0.906. The molecule has 0 aliphatic heterocycles. The van der Waals surface area contributed by atoms with Gasteiger partial charge in [-0.3, -0.25) is 0 Å². The minimum absolute atomic E-state index is 0.109. The predicted molar refractivity (Wildman–Crippen MR) is 65.5 cm³/mol. The second kappa shape index (κ2) is 5.33. The van der Waals surface area contributed by atoms with Crippen molar-refractivity contribution in [2.75, 3.05) is 7.11 Å². The number of halogens is 1. The number of methoxy groups -OCH3 is 1. The summed E-state index contributed by atoms with van der Waals surface area (Å²) in [6.45, 7) is 2.01. The second-order valence-electron chi connectivity index (χ2n) is 4.11. The van der Waals surface area contributed by atoms with Gasteiger partial charge in [-0.1, -0.05) is 0 Å². The van der Waals surface area contributed by atoms with E-state index in [-0.39, 0.29) is 12.4 Å². The van der Waals surface area contributed by atoms with Gasteiger partial charge in [0.15, 0.2) is 0 Å². The summed E-state index contributed by atoms with van der Waals surface area (Å²) in [7, 11) is 1.56. The summed E-state index contributed by atoms with van der Waals surface area (Å²) in [5, 5.41) is 9.24. The Balaban J connectivity index is 2.44. The van der Waals surface area contributed by atoms with Gasteiger partial charge in [0.05, 0.1) is 6.61 Å². The van der Waals surface area contributed by atoms with E-state index in [0.717, 1.165) is 11.1 Å². The third kappa shape index (κ3) is 2.44. The molecule has 0 bridgehead atoms. The molecule has 0 aliphatic rings. The van der Waals surface area contributed by atoms with Gasteiger partial charge in [-0.25, -0.2) is 4.39 Å². The van der Waals surface area contributed by atoms with E-state index in [1.54, 1.807) is 19.2 Å². The van der Waals surface area contributed by atoms with Gasteiger partial charge >= 0.3 is 0 Å². The Morgan fingerprint density at radius 2 is 2.11 bits per heavy atom. The number of aliphatic hydroxyl groups excluding tert-OH is 1. The maximum atomic E-state index is 13.0. The van der Waals surface area contributed by atoms with Crippen molar-refractivity contribution < 1.29 is 18.7 Å². The van der Waals surface area contributed by atoms with Crippen LogP contribution in [0.3, 0.4) is 0 Å². The van der Waals surface area contributed by atoms with E-state index in [2.05, 4.69) is 0 Å². The summed E-state index contributed by atoms with van der Waals surface area (Å²) in [5.41, 5.74) is 2.29. The van der Waals surface area contributed by atoms with Crippen LogP contribution in [0.15, 0.2) is 28.7 Å². The lowest BCUT2D eigenvalue weighted by molar-refractivity contribution is 0.161. The summed E-state index contributed by atoms with van der Waals surface area (Å²) in [6, 6.07) is 6.27. The van der Waals surface area contributed by atoms with Crippen LogP contribution in [0, 0.1) is 12.7 Å². The van der Waals surface area contributed by atoms with Crippen molar-refractivity contribution >= 4 is 0 Å². The van der Waals surface area contributed by atoms with Gasteiger partial charge in [0.25, 0.3) is 0 Å². The van der Waals surface area contributed by atoms with Crippen LogP contribution in [0.4, 0.5) is 4.39 Å². The van der Waals surface area contributed by atoms with Gasteiger partial charge in [0.1, 0.15) is 23.9 Å². The molecule has 0 atom stereocenters. The lowest BCUT2D eigenvalue weighted by atomic mass is 10.1. The standard InChI is InChI=1S/C14H15FO3/c1-9-5-11(15)3-4-12(9)13-6-10(7-16)14(18-13)8-17-2/h3-6,16H,7-8H2,1-2H3. The van der Waals surface area contributed by atoms with Crippen LogP contribution in [0.5, 0.6) is 0 Å². The maximum absolute atomic E-state index is 13.0. The highest BCUT2D eigenvalue weighted by Gasteiger charge is 2.13. The molecule has 0 aliphatic carbocycles. The molecule has 1 aromatic carbocycles. The molecule has 0 saturated carbocycles. The number of hydrogen-bond donors (Lipinski definition) is 1. The summed E-state index contributed by atoms with van der Waals surface area (Å²) in [5.74, 6) is 0.935. The Labute approximate surface area is 105 Å². The Morgan fingerprint density at radius 1 is 1.33 bits per heavy atom. The van der Waals surface area contributed by atoms with E-state index in [1.807, 2.05) is 6.92 Å². The molecule has 3 nitrogen and oxygen atoms in total. The first-order valence-electron chi connectivity index (χ1n) is 5.63. The summed E-state index contributed by atoms with van der Waals surface area (Å²) >= 11 is 0. The lowest BCUT2D eigenvalue weighted by Gasteiger charge is -2.02. The smallest absolute Gasteiger partial charge is 0.135 e. The average molecular weight is 250 g/mol. The number of benzene rings is 1. The molecule has 1 N–H and O–H groups in total. The molecule has 2 rings (SSSR count). The first kappa shape index (κ1) is 12.8. The van der Waals surface area contributed by atoms with Crippen molar-refractivity contribution in [3.05, 3.63) is 47.0 Å². The zero-order valence-corrected chi connectivity index (χ0v) is 10.4. The van der Waals surface area contributed by atoms with Crippen molar-refractivity contribution in [3.63, 3.8) is 0 Å². The fraction of sp³-hybridized carbons (Fsp3) is 0.286. The second-order valence-corrected chi connectivity index (χ2v) is 4.11. The van der Waals surface area contributed by atoms with Crippen LogP contribution in [0.1, 0.15) is 16.9 Å². The topological polar surface area (TPSA) is 42.6 Å². The molecular weight excluding hydrogens is 235 g/mol. The molecule has 0 fully saturated rings. The molecule has 0 amide bonds. The van der Waals surface area contributed by atoms with Gasteiger partial charge in [-0.15, -0.1) is 0 Å². The van der Waals surface area contributed by atoms with Crippen molar-refractivity contribution in [1.29, 1.82) is 0 Å². The minimum Gasteiger partial charge on any atom is -0.458 e. The van der Waals surface area contributed by atoms with Crippen molar-refractivity contribution in [3.8, 4) is 11.3 Å². The van der Waals surface area contributed by atoms with Crippen LogP contribution < -0.4 is 0 Å². The summed E-state index contributed by atoms with van der Waals surface area (Å²) in [4.78, 5) is 0. The molecule has 96 valence electrons. The largest absolute Gasteiger partial charge is 0.458 e. The monoisotopic (exact) mass is 250 g/mol. The van der Waals surface area contributed by atoms with Crippen molar-refractivity contribution in [2.24, 2.45) is 0 Å². The molecule has 0 radical (unpaired) electrons. The molecule has 0 saturated heterocycles. The fourth-order valence-electron chi connectivity index (χ4n) is 1.89. The van der Waals surface area contributed by atoms with Crippen LogP contribution in [-0.2, 0) is 18.0 Å². The van der Waals surface area contributed by atoms with Gasteiger partial charge in [-0.05, 0) is 36.8 Å². The highest BCUT2D eigenvalue weighted by Crippen LogP contribution is 2.29. The Hall–Kier alpha value is -1.65. The van der Waals surface area contributed by atoms with E-state index in [1.165, 1.54) is 12.1 Å². The number of aryl methyl sites for hydroxylation is 1. The van der Waals surface area contributed by atoms with E-state index in [4.69, 9.17) is 9.15 Å². The first-order valence-corrected chi connectivity index (χ1v) is 5.63. The van der Waals surface area contributed by atoms with E-state index in [9.17, 15) is 9.50 Å². The Morgan fingerprint density at radius 3 is 2.72 bits per heavy atom. The van der Waals surface area contributed by atoms with E-state index < -0.39 is 0 Å². The molecule has 18 heavy (non-hydrogen) atoms.